The minimum Gasteiger partial charge on any atom is -0.279 e. The van der Waals surface area contributed by atoms with Crippen molar-refractivity contribution in [3.63, 3.8) is 0 Å². The van der Waals surface area contributed by atoms with Crippen molar-refractivity contribution in [2.45, 2.75) is 13.8 Å². The fraction of sp³-hybridized carbons (Fsp3) is 0.118. The third kappa shape index (κ3) is 4.68. The molecular formula is C17H13Cl3N2O2S. The van der Waals surface area contributed by atoms with Crippen LogP contribution in [0, 0.1) is 25.2 Å². The second-order valence-corrected chi connectivity index (χ2v) is 8.21. The van der Waals surface area contributed by atoms with Gasteiger partial charge in [-0.2, -0.15) is 5.26 Å². The van der Waals surface area contributed by atoms with Crippen LogP contribution in [0.5, 0.6) is 0 Å². The lowest BCUT2D eigenvalue weighted by molar-refractivity contribution is 0.608. The predicted octanol–water partition coefficient (Wildman–Crippen LogP) is 5.57. The average molecular weight is 416 g/mol. The van der Waals surface area contributed by atoms with Crippen molar-refractivity contribution in [3.8, 4) is 6.07 Å². The Morgan fingerprint density at radius 2 is 1.84 bits per heavy atom. The highest BCUT2D eigenvalue weighted by Crippen LogP contribution is 2.32. The number of halogens is 3. The molecule has 8 heteroatoms. The summed E-state index contributed by atoms with van der Waals surface area (Å²) in [4.78, 5) is -0.507. The summed E-state index contributed by atoms with van der Waals surface area (Å²) in [7, 11) is -4.10. The lowest BCUT2D eigenvalue weighted by atomic mass is 10.1. The van der Waals surface area contributed by atoms with Gasteiger partial charge in [-0.3, -0.25) is 4.72 Å². The molecule has 1 N–H and O–H groups in total. The Labute approximate surface area is 161 Å². The number of benzene rings is 2. The van der Waals surface area contributed by atoms with Gasteiger partial charge in [0.05, 0.1) is 15.7 Å². The Morgan fingerprint density at radius 3 is 2.44 bits per heavy atom. The number of nitrogens with one attached hydrogen (secondary N) is 1. The summed E-state index contributed by atoms with van der Waals surface area (Å²) < 4.78 is 27.5. The fourth-order valence-corrected chi connectivity index (χ4v) is 3.82. The summed E-state index contributed by atoms with van der Waals surface area (Å²) in [5.74, 6) is 0. The lowest BCUT2D eigenvalue weighted by Gasteiger charge is -2.11. The molecule has 0 saturated heterocycles. The van der Waals surface area contributed by atoms with E-state index in [1.807, 2.05) is 13.0 Å². The Kier molecular flexibility index (Phi) is 6.02. The summed E-state index contributed by atoms with van der Waals surface area (Å²) in [6.07, 6.45) is 1.13. The van der Waals surface area contributed by atoms with E-state index in [1.165, 1.54) is 12.1 Å². The number of sulfonamides is 1. The molecule has 0 aliphatic heterocycles. The molecule has 2 rings (SSSR count). The van der Waals surface area contributed by atoms with Gasteiger partial charge < -0.3 is 0 Å². The Hall–Kier alpha value is -1.71. The number of anilines is 1. The molecule has 25 heavy (non-hydrogen) atoms. The van der Waals surface area contributed by atoms with Crippen LogP contribution in [0.1, 0.15) is 16.7 Å². The van der Waals surface area contributed by atoms with Gasteiger partial charge >= 0.3 is 0 Å². The minimum atomic E-state index is -4.10. The number of hydrogen-bond donors (Lipinski definition) is 1. The van der Waals surface area contributed by atoms with Gasteiger partial charge in [-0.05, 0) is 49.2 Å². The third-order valence-electron chi connectivity index (χ3n) is 3.33. The van der Waals surface area contributed by atoms with E-state index in [1.54, 1.807) is 25.1 Å². The molecule has 4 nitrogen and oxygen atoms in total. The van der Waals surface area contributed by atoms with Gasteiger partial charge in [0.25, 0.3) is 10.0 Å². The van der Waals surface area contributed by atoms with Crippen molar-refractivity contribution >= 4 is 56.6 Å². The zero-order valence-corrected chi connectivity index (χ0v) is 16.4. The third-order valence-corrected chi connectivity index (χ3v) is 5.65. The van der Waals surface area contributed by atoms with Crippen molar-refractivity contribution in [2.75, 3.05) is 4.72 Å². The van der Waals surface area contributed by atoms with Gasteiger partial charge in [0.2, 0.25) is 0 Å². The number of nitriles is 1. The van der Waals surface area contributed by atoms with Crippen LogP contribution >= 0.6 is 34.8 Å². The van der Waals surface area contributed by atoms with Crippen LogP contribution in [0.15, 0.2) is 35.2 Å². The summed E-state index contributed by atoms with van der Waals surface area (Å²) in [6, 6.07) is 9.78. The van der Waals surface area contributed by atoms with Crippen LogP contribution < -0.4 is 4.72 Å². The van der Waals surface area contributed by atoms with Crippen LogP contribution in [-0.4, -0.2) is 8.42 Å². The van der Waals surface area contributed by atoms with Crippen LogP contribution in [0.3, 0.4) is 0 Å². The Balaban J connectivity index is 2.47. The standard InChI is InChI=1S/C17H13Cl3N2O2S/c1-10-3-4-16(11(2)5-10)22-25(23,24)14(9-21)7-12-6-13(18)8-15(19)17(12)20/h3-8,22H,1-2H3/b14-7+. The maximum atomic E-state index is 12.5. The van der Waals surface area contributed by atoms with E-state index >= 15 is 0 Å². The van der Waals surface area contributed by atoms with Gasteiger partial charge in [-0.15, -0.1) is 0 Å². The first-order valence-corrected chi connectivity index (χ1v) is 9.62. The maximum absolute atomic E-state index is 12.5. The Bertz CT molecular complexity index is 1010. The quantitative estimate of drug-likeness (QED) is 0.524. The average Bonchev–Trinajstić information content (AvgIpc) is 2.51. The summed E-state index contributed by atoms with van der Waals surface area (Å²) in [5, 5.41) is 9.85. The van der Waals surface area contributed by atoms with Gasteiger partial charge in [0, 0.05) is 5.02 Å². The van der Waals surface area contributed by atoms with Gasteiger partial charge in [0.1, 0.15) is 6.07 Å². The first-order chi connectivity index (χ1) is 11.6. The molecule has 130 valence electrons. The zero-order valence-electron chi connectivity index (χ0n) is 13.3. The number of hydrogen-bond acceptors (Lipinski definition) is 3. The van der Waals surface area contributed by atoms with Crippen molar-refractivity contribution < 1.29 is 8.42 Å². The van der Waals surface area contributed by atoms with Crippen LogP contribution in [0.25, 0.3) is 6.08 Å². The minimum absolute atomic E-state index is 0.112. The van der Waals surface area contributed by atoms with Gasteiger partial charge in [0.15, 0.2) is 4.91 Å². The van der Waals surface area contributed by atoms with Crippen molar-refractivity contribution in [1.29, 1.82) is 5.26 Å². The van der Waals surface area contributed by atoms with E-state index in [0.717, 1.165) is 17.2 Å². The van der Waals surface area contributed by atoms with Gasteiger partial charge in [-0.25, -0.2) is 8.42 Å². The Morgan fingerprint density at radius 1 is 1.16 bits per heavy atom. The predicted molar refractivity (Wildman–Crippen MR) is 104 cm³/mol. The first-order valence-electron chi connectivity index (χ1n) is 7.00. The molecule has 0 radical (unpaired) electrons. The molecule has 0 aliphatic rings. The fourth-order valence-electron chi connectivity index (χ4n) is 2.12. The molecule has 0 atom stereocenters. The molecule has 0 spiro atoms. The van der Waals surface area contributed by atoms with E-state index in [0.29, 0.717) is 5.69 Å². The van der Waals surface area contributed by atoms with E-state index in [9.17, 15) is 13.7 Å². The molecule has 0 aliphatic carbocycles. The second-order valence-electron chi connectivity index (χ2n) is 5.34. The smallest absolute Gasteiger partial charge is 0.272 e. The van der Waals surface area contributed by atoms with Crippen LogP contribution in [0.4, 0.5) is 5.69 Å². The van der Waals surface area contributed by atoms with E-state index in [2.05, 4.69) is 4.72 Å². The van der Waals surface area contributed by atoms with Crippen molar-refractivity contribution in [2.24, 2.45) is 0 Å². The van der Waals surface area contributed by atoms with Crippen molar-refractivity contribution in [3.05, 3.63) is 67.0 Å². The van der Waals surface area contributed by atoms with Crippen molar-refractivity contribution in [1.82, 2.24) is 0 Å². The SMILES string of the molecule is Cc1ccc(NS(=O)(=O)/C(C#N)=C/c2cc(Cl)cc(Cl)c2Cl)c(C)c1. The lowest BCUT2D eigenvalue weighted by Crippen LogP contribution is -2.15. The maximum Gasteiger partial charge on any atom is 0.272 e. The highest BCUT2D eigenvalue weighted by molar-refractivity contribution is 7.97. The molecule has 0 amide bonds. The molecular weight excluding hydrogens is 403 g/mol. The van der Waals surface area contributed by atoms with Crippen LogP contribution in [-0.2, 0) is 10.0 Å². The second kappa shape index (κ2) is 7.67. The number of aryl methyl sites for hydroxylation is 2. The summed E-state index contributed by atoms with van der Waals surface area (Å²) >= 11 is 17.9. The molecule has 0 aromatic heterocycles. The topological polar surface area (TPSA) is 70.0 Å². The molecule has 2 aromatic carbocycles. The first kappa shape index (κ1) is 19.6. The van der Waals surface area contributed by atoms with Crippen LogP contribution in [0.2, 0.25) is 15.1 Å². The van der Waals surface area contributed by atoms with E-state index in [-0.39, 0.29) is 20.6 Å². The molecule has 0 bridgehead atoms. The molecule has 0 unspecified atom stereocenters. The molecule has 0 saturated carbocycles. The van der Waals surface area contributed by atoms with E-state index < -0.39 is 14.9 Å². The highest BCUT2D eigenvalue weighted by atomic mass is 35.5. The normalized spacial score (nSPS) is 11.9. The molecule has 0 fully saturated rings. The number of allylic oxidation sites excluding steroid dienone is 1. The summed E-state index contributed by atoms with van der Waals surface area (Å²) in [6.45, 7) is 3.67. The molecule has 0 heterocycles. The monoisotopic (exact) mass is 414 g/mol. The molecule has 2 aromatic rings. The number of nitrogens with zero attached hydrogens (tertiary/aromatic N) is 1. The van der Waals surface area contributed by atoms with E-state index in [4.69, 9.17) is 34.8 Å². The zero-order chi connectivity index (χ0) is 18.8. The largest absolute Gasteiger partial charge is 0.279 e. The van der Waals surface area contributed by atoms with Gasteiger partial charge in [-0.1, -0.05) is 52.5 Å². The number of rotatable bonds is 4. The summed E-state index contributed by atoms with van der Waals surface area (Å²) in [5.41, 5.74) is 2.37. The highest BCUT2D eigenvalue weighted by Gasteiger charge is 2.20.